The number of benzene rings is 1. The number of halogens is 2. The van der Waals surface area contributed by atoms with E-state index in [9.17, 15) is 13.6 Å². The molecule has 1 aliphatic heterocycles. The topological polar surface area (TPSA) is 94.3 Å². The molecule has 0 radical (unpaired) electrons. The van der Waals surface area contributed by atoms with Gasteiger partial charge >= 0.3 is 0 Å². The summed E-state index contributed by atoms with van der Waals surface area (Å²) in [6.45, 7) is 0.686. The summed E-state index contributed by atoms with van der Waals surface area (Å²) in [5.74, 6) is -0.337. The Labute approximate surface area is 169 Å². The molecule has 1 amide bonds. The molecular weight excluding hydrogens is 392 g/mol. The van der Waals surface area contributed by atoms with Crippen molar-refractivity contribution in [3.05, 3.63) is 71.7 Å². The van der Waals surface area contributed by atoms with Crippen LogP contribution < -0.4 is 10.6 Å². The van der Waals surface area contributed by atoms with Gasteiger partial charge in [-0.1, -0.05) is 0 Å². The zero-order chi connectivity index (χ0) is 20.8. The number of anilines is 1. The van der Waals surface area contributed by atoms with E-state index in [1.54, 1.807) is 22.8 Å². The highest BCUT2D eigenvalue weighted by Gasteiger charge is 2.29. The second-order valence-electron chi connectivity index (χ2n) is 7.15. The molecule has 10 heteroatoms. The maximum Gasteiger partial charge on any atom is 0.251 e. The Hall–Kier alpha value is -3.82. The number of fused-ring (bicyclic) bond motifs is 1. The van der Waals surface area contributed by atoms with Crippen LogP contribution in [-0.2, 0) is 0 Å². The quantitative estimate of drug-likeness (QED) is 0.559. The van der Waals surface area contributed by atoms with Crippen LogP contribution in [0.4, 0.5) is 14.6 Å². The number of rotatable bonds is 4. The number of amides is 1. The molecule has 1 atom stereocenters. The van der Waals surface area contributed by atoms with Crippen LogP contribution in [0.5, 0.6) is 0 Å². The Kier molecular flexibility index (Phi) is 4.19. The van der Waals surface area contributed by atoms with Gasteiger partial charge in [-0.05, 0) is 37.1 Å². The van der Waals surface area contributed by atoms with Gasteiger partial charge in [0.25, 0.3) is 5.91 Å². The first kappa shape index (κ1) is 18.2. The fraction of sp³-hybridized carbons (Fsp3) is 0.200. The molecule has 3 aromatic heterocycles. The summed E-state index contributed by atoms with van der Waals surface area (Å²) in [4.78, 5) is 17.9. The Bertz CT molecular complexity index is 1270. The number of nitrogens with two attached hydrogens (primary N) is 1. The Morgan fingerprint density at radius 1 is 1.17 bits per heavy atom. The highest BCUT2D eigenvalue weighted by molar-refractivity contribution is 5.92. The molecule has 1 aliphatic rings. The fourth-order valence-electron chi connectivity index (χ4n) is 3.84. The average Bonchev–Trinajstić information content (AvgIpc) is 3.47. The van der Waals surface area contributed by atoms with E-state index in [-0.39, 0.29) is 11.6 Å². The molecule has 0 unspecified atom stereocenters. The van der Waals surface area contributed by atoms with Crippen molar-refractivity contribution >= 4 is 17.4 Å². The van der Waals surface area contributed by atoms with Gasteiger partial charge in [0.1, 0.15) is 17.5 Å². The van der Waals surface area contributed by atoms with Crippen LogP contribution in [0.1, 0.15) is 34.8 Å². The summed E-state index contributed by atoms with van der Waals surface area (Å²) in [5, 5.41) is 8.50. The van der Waals surface area contributed by atoms with E-state index >= 15 is 0 Å². The van der Waals surface area contributed by atoms with Crippen LogP contribution in [0.15, 0.2) is 48.9 Å². The van der Waals surface area contributed by atoms with Crippen LogP contribution in [0, 0.1) is 11.6 Å². The molecule has 0 spiro atoms. The zero-order valence-electron chi connectivity index (χ0n) is 15.7. The molecule has 0 saturated carbocycles. The number of carbonyl (C=O) groups excluding carboxylic acids is 1. The van der Waals surface area contributed by atoms with Crippen molar-refractivity contribution in [2.75, 3.05) is 11.4 Å². The van der Waals surface area contributed by atoms with Gasteiger partial charge in [-0.15, -0.1) is 5.10 Å². The lowest BCUT2D eigenvalue weighted by Gasteiger charge is -2.26. The van der Waals surface area contributed by atoms with Gasteiger partial charge in [-0.2, -0.15) is 5.10 Å². The van der Waals surface area contributed by atoms with Gasteiger partial charge in [0.15, 0.2) is 11.5 Å². The molecule has 2 N–H and O–H groups in total. The number of primary amides is 1. The lowest BCUT2D eigenvalue weighted by Crippen LogP contribution is -2.24. The molecule has 0 bridgehead atoms. The second kappa shape index (κ2) is 6.90. The third-order valence-electron chi connectivity index (χ3n) is 5.26. The maximum atomic E-state index is 14.3. The van der Waals surface area contributed by atoms with E-state index in [1.165, 1.54) is 23.1 Å². The molecule has 0 aliphatic carbocycles. The normalized spacial score (nSPS) is 16.5. The van der Waals surface area contributed by atoms with E-state index in [0.29, 0.717) is 35.8 Å². The van der Waals surface area contributed by atoms with E-state index in [0.717, 1.165) is 18.6 Å². The van der Waals surface area contributed by atoms with Crippen LogP contribution in [0.2, 0.25) is 0 Å². The van der Waals surface area contributed by atoms with Crippen LogP contribution in [0.3, 0.4) is 0 Å². The Morgan fingerprint density at radius 3 is 2.83 bits per heavy atom. The van der Waals surface area contributed by atoms with Gasteiger partial charge in [0, 0.05) is 30.6 Å². The van der Waals surface area contributed by atoms with Gasteiger partial charge < -0.3 is 10.6 Å². The SMILES string of the molecule is NC(=O)c1cnn(-c2cc3nc(N4CCC[C@@H]4c4cc(F)ccc4F)ccn3n2)c1. The van der Waals surface area contributed by atoms with Gasteiger partial charge in [-0.3, -0.25) is 4.79 Å². The van der Waals surface area contributed by atoms with Crippen molar-refractivity contribution in [2.45, 2.75) is 18.9 Å². The summed E-state index contributed by atoms with van der Waals surface area (Å²) < 4.78 is 31.1. The fourth-order valence-corrected chi connectivity index (χ4v) is 3.84. The average molecular weight is 409 g/mol. The van der Waals surface area contributed by atoms with Crippen molar-refractivity contribution in [1.82, 2.24) is 24.4 Å². The minimum absolute atomic E-state index is 0.276. The van der Waals surface area contributed by atoms with Crippen LogP contribution in [-0.4, -0.2) is 36.8 Å². The van der Waals surface area contributed by atoms with Crippen molar-refractivity contribution < 1.29 is 13.6 Å². The van der Waals surface area contributed by atoms with E-state index in [1.807, 2.05) is 4.90 Å². The van der Waals surface area contributed by atoms with Crippen molar-refractivity contribution in [2.24, 2.45) is 5.73 Å². The maximum absolute atomic E-state index is 14.3. The number of hydrogen-bond acceptors (Lipinski definition) is 5. The highest BCUT2D eigenvalue weighted by Crippen LogP contribution is 2.36. The predicted octanol–water partition coefficient (Wildman–Crippen LogP) is 2.63. The van der Waals surface area contributed by atoms with Gasteiger partial charge in [0.2, 0.25) is 0 Å². The molecular formula is C20H17F2N7O. The molecule has 1 fully saturated rings. The van der Waals surface area contributed by atoms with E-state index in [4.69, 9.17) is 5.73 Å². The number of hydrogen-bond donors (Lipinski definition) is 1. The summed E-state index contributed by atoms with van der Waals surface area (Å²) >= 11 is 0. The lowest BCUT2D eigenvalue weighted by molar-refractivity contribution is 0.100. The molecule has 8 nitrogen and oxygen atoms in total. The number of carbonyl (C=O) groups is 1. The third-order valence-corrected chi connectivity index (χ3v) is 5.26. The van der Waals surface area contributed by atoms with Gasteiger partial charge in [-0.25, -0.2) is 23.0 Å². The van der Waals surface area contributed by atoms with Gasteiger partial charge in [0.05, 0.1) is 17.8 Å². The predicted molar refractivity (Wildman–Crippen MR) is 104 cm³/mol. The van der Waals surface area contributed by atoms with Crippen molar-refractivity contribution in [3.8, 4) is 5.82 Å². The molecule has 152 valence electrons. The molecule has 1 aromatic carbocycles. The monoisotopic (exact) mass is 409 g/mol. The standard InChI is InChI=1S/C20H17F2N7O/c21-13-3-4-15(22)14(8-13)16-2-1-6-27(16)17-5-7-28-18(25-17)9-19(26-28)29-11-12(10-24-29)20(23)30/h3-5,7-11,16H,1-2,6H2,(H2,23,30)/t16-/m1/s1. The summed E-state index contributed by atoms with van der Waals surface area (Å²) in [6.07, 6.45) is 6.17. The molecule has 30 heavy (non-hydrogen) atoms. The minimum Gasteiger partial charge on any atom is -0.366 e. The Balaban J connectivity index is 1.50. The van der Waals surface area contributed by atoms with E-state index < -0.39 is 17.5 Å². The second-order valence-corrected chi connectivity index (χ2v) is 7.15. The first-order chi connectivity index (χ1) is 14.5. The third kappa shape index (κ3) is 3.06. The van der Waals surface area contributed by atoms with Crippen molar-refractivity contribution in [3.63, 3.8) is 0 Å². The first-order valence-corrected chi connectivity index (χ1v) is 9.42. The van der Waals surface area contributed by atoms with Crippen molar-refractivity contribution in [1.29, 1.82) is 0 Å². The molecule has 1 saturated heterocycles. The minimum atomic E-state index is -0.574. The molecule has 4 aromatic rings. The largest absolute Gasteiger partial charge is 0.366 e. The van der Waals surface area contributed by atoms with Crippen LogP contribution >= 0.6 is 0 Å². The number of aromatic nitrogens is 5. The smallest absolute Gasteiger partial charge is 0.251 e. The summed E-state index contributed by atoms with van der Waals surface area (Å²) in [5.41, 5.74) is 6.43. The number of nitrogens with zero attached hydrogens (tertiary/aromatic N) is 6. The zero-order valence-corrected chi connectivity index (χ0v) is 15.7. The molecule has 5 rings (SSSR count). The summed E-state index contributed by atoms with van der Waals surface area (Å²) in [7, 11) is 0. The summed E-state index contributed by atoms with van der Waals surface area (Å²) in [6, 6.07) is 6.75. The van der Waals surface area contributed by atoms with Crippen LogP contribution in [0.25, 0.3) is 11.5 Å². The van der Waals surface area contributed by atoms with E-state index in [2.05, 4.69) is 15.2 Å². The molecule has 4 heterocycles. The highest BCUT2D eigenvalue weighted by atomic mass is 19.1. The Morgan fingerprint density at radius 2 is 2.03 bits per heavy atom. The first-order valence-electron chi connectivity index (χ1n) is 9.42. The lowest BCUT2D eigenvalue weighted by atomic mass is 10.0.